The van der Waals surface area contributed by atoms with E-state index in [9.17, 15) is 19.7 Å². The van der Waals surface area contributed by atoms with Crippen molar-refractivity contribution in [3.8, 4) is 0 Å². The molecule has 0 spiro atoms. The van der Waals surface area contributed by atoms with Gasteiger partial charge in [0.2, 0.25) is 0 Å². The van der Waals surface area contributed by atoms with Gasteiger partial charge in [0.25, 0.3) is 11.6 Å². The molecule has 0 saturated carbocycles. The Balaban J connectivity index is 2.94. The second-order valence-electron chi connectivity index (χ2n) is 3.61. The van der Waals surface area contributed by atoms with Crippen LogP contribution in [0.25, 0.3) is 0 Å². The predicted octanol–water partition coefficient (Wildman–Crippen LogP) is 1.08. The molecule has 10 heteroatoms. The van der Waals surface area contributed by atoms with E-state index < -0.39 is 35.1 Å². The molecule has 8 nitrogen and oxygen atoms in total. The van der Waals surface area contributed by atoms with Crippen molar-refractivity contribution in [2.75, 3.05) is 6.54 Å². The molecule has 0 saturated heterocycles. The average molecular weight is 323 g/mol. The summed E-state index contributed by atoms with van der Waals surface area (Å²) in [5.41, 5.74) is -0.730. The van der Waals surface area contributed by atoms with E-state index in [-0.39, 0.29) is 15.6 Å². The van der Waals surface area contributed by atoms with E-state index in [2.05, 4.69) is 5.32 Å². The molecule has 0 aliphatic carbocycles. The molecule has 20 heavy (non-hydrogen) atoms. The number of benzene rings is 1. The number of nitrogens with zero attached hydrogens (tertiary/aromatic N) is 1. The van der Waals surface area contributed by atoms with Gasteiger partial charge in [-0.25, -0.2) is 4.79 Å². The lowest BCUT2D eigenvalue weighted by Gasteiger charge is -2.08. The molecule has 1 atom stereocenters. The maximum atomic E-state index is 11.7. The molecule has 0 aliphatic rings. The first-order valence-electron chi connectivity index (χ1n) is 5.06. The molecule has 0 radical (unpaired) electrons. The zero-order chi connectivity index (χ0) is 15.4. The number of aliphatic carboxylic acids is 1. The molecule has 0 fully saturated rings. The van der Waals surface area contributed by atoms with Crippen LogP contribution in [0.1, 0.15) is 10.4 Å². The van der Waals surface area contributed by atoms with E-state index in [1.54, 1.807) is 0 Å². The maximum absolute atomic E-state index is 11.7. The number of nitro groups is 1. The van der Waals surface area contributed by atoms with Gasteiger partial charge in [-0.1, -0.05) is 23.2 Å². The van der Waals surface area contributed by atoms with Crippen LogP contribution in [0, 0.1) is 10.1 Å². The van der Waals surface area contributed by atoms with Gasteiger partial charge in [0.1, 0.15) is 5.02 Å². The number of carbonyl (C=O) groups is 2. The number of hydrogen-bond acceptors (Lipinski definition) is 5. The molecule has 1 aromatic rings. The van der Waals surface area contributed by atoms with Crippen LogP contribution >= 0.6 is 23.2 Å². The lowest BCUT2D eigenvalue weighted by atomic mass is 10.2. The Morgan fingerprint density at radius 3 is 2.50 bits per heavy atom. The molecular formula is C10H8Cl2N2O6. The largest absolute Gasteiger partial charge is 0.479 e. The molecule has 0 heterocycles. The predicted molar refractivity (Wildman–Crippen MR) is 69.1 cm³/mol. The van der Waals surface area contributed by atoms with Crippen LogP contribution in [0.3, 0.4) is 0 Å². The highest BCUT2D eigenvalue weighted by molar-refractivity contribution is 6.43. The average Bonchev–Trinajstić information content (AvgIpc) is 2.37. The highest BCUT2D eigenvalue weighted by Crippen LogP contribution is 2.32. The van der Waals surface area contributed by atoms with Crippen molar-refractivity contribution in [2.24, 2.45) is 0 Å². The molecule has 108 valence electrons. The number of aliphatic hydroxyl groups is 1. The van der Waals surface area contributed by atoms with Crippen LogP contribution in [0.4, 0.5) is 5.69 Å². The minimum atomic E-state index is -1.78. The lowest BCUT2D eigenvalue weighted by molar-refractivity contribution is -0.384. The quantitative estimate of drug-likeness (QED) is 0.549. The lowest BCUT2D eigenvalue weighted by Crippen LogP contribution is -2.36. The molecule has 0 aromatic heterocycles. The number of carbonyl (C=O) groups excluding carboxylic acids is 1. The first-order valence-corrected chi connectivity index (χ1v) is 5.82. The fraction of sp³-hybridized carbons (Fsp3) is 0.200. The SMILES string of the molecule is O=C(NCC(O)C(=O)O)c1cc(Cl)c(Cl)c([N+](=O)[O-])c1. The van der Waals surface area contributed by atoms with E-state index in [1.807, 2.05) is 0 Å². The third-order valence-corrected chi connectivity index (χ3v) is 3.00. The number of amides is 1. The Kier molecular flexibility index (Phi) is 5.26. The zero-order valence-electron chi connectivity index (χ0n) is 9.67. The number of carboxylic acids is 1. The summed E-state index contributed by atoms with van der Waals surface area (Å²) >= 11 is 11.3. The molecule has 3 N–H and O–H groups in total. The molecule has 1 amide bonds. The van der Waals surface area contributed by atoms with Crippen LogP contribution in [0.5, 0.6) is 0 Å². The van der Waals surface area contributed by atoms with E-state index in [4.69, 9.17) is 33.4 Å². The van der Waals surface area contributed by atoms with E-state index in [0.29, 0.717) is 0 Å². The summed E-state index contributed by atoms with van der Waals surface area (Å²) in [4.78, 5) is 31.9. The number of rotatable bonds is 5. The van der Waals surface area contributed by atoms with Gasteiger partial charge in [-0.2, -0.15) is 0 Å². The summed E-state index contributed by atoms with van der Waals surface area (Å²) in [6, 6.07) is 2.00. The van der Waals surface area contributed by atoms with E-state index >= 15 is 0 Å². The highest BCUT2D eigenvalue weighted by Gasteiger charge is 2.21. The molecule has 0 bridgehead atoms. The smallest absolute Gasteiger partial charge is 0.334 e. The van der Waals surface area contributed by atoms with Crippen molar-refractivity contribution in [3.05, 3.63) is 37.9 Å². The summed E-state index contributed by atoms with van der Waals surface area (Å²) in [6.07, 6.45) is -1.78. The first-order chi connectivity index (χ1) is 9.23. The summed E-state index contributed by atoms with van der Waals surface area (Å²) < 4.78 is 0. The number of carboxylic acid groups (broad SMARTS) is 1. The van der Waals surface area contributed by atoms with Crippen molar-refractivity contribution in [1.29, 1.82) is 0 Å². The Morgan fingerprint density at radius 2 is 2.00 bits per heavy atom. The molecule has 1 aromatic carbocycles. The minimum Gasteiger partial charge on any atom is -0.479 e. The maximum Gasteiger partial charge on any atom is 0.334 e. The van der Waals surface area contributed by atoms with Crippen LogP contribution in [-0.2, 0) is 4.79 Å². The first kappa shape index (κ1) is 16.2. The van der Waals surface area contributed by atoms with Crippen molar-refractivity contribution in [3.63, 3.8) is 0 Å². The number of halogens is 2. The van der Waals surface area contributed by atoms with Crippen molar-refractivity contribution in [1.82, 2.24) is 5.32 Å². The minimum absolute atomic E-state index is 0.177. The van der Waals surface area contributed by atoms with Crippen molar-refractivity contribution < 1.29 is 24.7 Å². The molecule has 1 unspecified atom stereocenters. The third-order valence-electron chi connectivity index (χ3n) is 2.21. The van der Waals surface area contributed by atoms with Crippen LogP contribution < -0.4 is 5.32 Å². The number of nitro benzene ring substituents is 1. The molecule has 1 rings (SSSR count). The Hall–Kier alpha value is -1.90. The summed E-state index contributed by atoms with van der Waals surface area (Å²) in [7, 11) is 0. The van der Waals surface area contributed by atoms with Crippen LogP contribution in [0.15, 0.2) is 12.1 Å². The van der Waals surface area contributed by atoms with Gasteiger partial charge >= 0.3 is 5.97 Å². The van der Waals surface area contributed by atoms with Gasteiger partial charge in [0.05, 0.1) is 16.5 Å². The summed E-state index contributed by atoms with van der Waals surface area (Å²) in [6.45, 7) is -0.553. The van der Waals surface area contributed by atoms with Gasteiger partial charge in [0, 0.05) is 11.6 Å². The number of aliphatic hydroxyl groups excluding tert-OH is 1. The normalized spacial score (nSPS) is 11.8. The van der Waals surface area contributed by atoms with Crippen LogP contribution in [-0.4, -0.2) is 39.7 Å². The second-order valence-corrected chi connectivity index (χ2v) is 4.40. The third kappa shape index (κ3) is 3.80. The van der Waals surface area contributed by atoms with E-state index in [0.717, 1.165) is 12.1 Å². The molecule has 0 aliphatic heterocycles. The van der Waals surface area contributed by atoms with Gasteiger partial charge < -0.3 is 15.5 Å². The number of nitrogens with one attached hydrogen (secondary N) is 1. The van der Waals surface area contributed by atoms with Crippen molar-refractivity contribution in [2.45, 2.75) is 6.10 Å². The highest BCUT2D eigenvalue weighted by atomic mass is 35.5. The topological polar surface area (TPSA) is 130 Å². The van der Waals surface area contributed by atoms with E-state index in [1.165, 1.54) is 0 Å². The second kappa shape index (κ2) is 6.51. The summed E-state index contributed by atoms with van der Waals surface area (Å²) in [5, 5.41) is 29.7. The van der Waals surface area contributed by atoms with Crippen LogP contribution in [0.2, 0.25) is 10.0 Å². The Labute approximate surface area is 122 Å². The standard InChI is InChI=1S/C10H8Cl2N2O6/c11-5-1-4(2-6(8(5)12)14(19)20)9(16)13-3-7(15)10(17)18/h1-2,7,15H,3H2,(H,13,16)(H,17,18). The zero-order valence-corrected chi connectivity index (χ0v) is 11.2. The summed E-state index contributed by atoms with van der Waals surface area (Å²) in [5.74, 6) is -2.34. The Morgan fingerprint density at radius 1 is 1.40 bits per heavy atom. The fourth-order valence-corrected chi connectivity index (χ4v) is 1.61. The number of hydrogen-bond donors (Lipinski definition) is 3. The van der Waals surface area contributed by atoms with Gasteiger partial charge in [-0.05, 0) is 6.07 Å². The monoisotopic (exact) mass is 322 g/mol. The molecular weight excluding hydrogens is 315 g/mol. The van der Waals surface area contributed by atoms with Gasteiger partial charge in [-0.3, -0.25) is 14.9 Å². The van der Waals surface area contributed by atoms with Gasteiger partial charge in [0.15, 0.2) is 6.10 Å². The fourth-order valence-electron chi connectivity index (χ4n) is 1.22. The van der Waals surface area contributed by atoms with Gasteiger partial charge in [-0.15, -0.1) is 0 Å². The Bertz CT molecular complexity index is 577. The van der Waals surface area contributed by atoms with Crippen molar-refractivity contribution >= 4 is 40.8 Å².